The van der Waals surface area contributed by atoms with Gasteiger partial charge in [0.15, 0.2) is 0 Å². The standard InChI is InChI=1S/C11H16N4O2/c1-8-11(17)15(10(16)7-12-8)6-4-9-3-5-13-14(9)2/h3,5,8,12H,4,6-7H2,1-2H3. The van der Waals surface area contributed by atoms with Crippen molar-refractivity contribution in [1.82, 2.24) is 20.0 Å². The third-order valence-corrected chi connectivity index (χ3v) is 3.01. The molecule has 1 N–H and O–H groups in total. The predicted molar refractivity (Wildman–Crippen MR) is 61.1 cm³/mol. The van der Waals surface area contributed by atoms with Crippen LogP contribution in [0.5, 0.6) is 0 Å². The normalized spacial score (nSPS) is 21.1. The number of aromatic nitrogens is 2. The van der Waals surface area contributed by atoms with Crippen LogP contribution >= 0.6 is 0 Å². The van der Waals surface area contributed by atoms with Crippen molar-refractivity contribution >= 4 is 11.8 Å². The summed E-state index contributed by atoms with van der Waals surface area (Å²) in [4.78, 5) is 24.7. The van der Waals surface area contributed by atoms with Gasteiger partial charge in [-0.3, -0.25) is 24.5 Å². The second-order valence-electron chi connectivity index (χ2n) is 4.18. The molecule has 1 saturated heterocycles. The summed E-state index contributed by atoms with van der Waals surface area (Å²) >= 11 is 0. The lowest BCUT2D eigenvalue weighted by molar-refractivity contribution is -0.148. The lowest BCUT2D eigenvalue weighted by atomic mass is 10.2. The van der Waals surface area contributed by atoms with Crippen LogP contribution in [0.15, 0.2) is 12.3 Å². The smallest absolute Gasteiger partial charge is 0.246 e. The summed E-state index contributed by atoms with van der Waals surface area (Å²) in [6.45, 7) is 2.42. The van der Waals surface area contributed by atoms with Crippen LogP contribution in [-0.2, 0) is 23.1 Å². The summed E-state index contributed by atoms with van der Waals surface area (Å²) in [7, 11) is 1.85. The van der Waals surface area contributed by atoms with E-state index in [0.717, 1.165) is 5.69 Å². The van der Waals surface area contributed by atoms with E-state index in [-0.39, 0.29) is 24.4 Å². The van der Waals surface area contributed by atoms with E-state index in [1.807, 2.05) is 13.1 Å². The highest BCUT2D eigenvalue weighted by Gasteiger charge is 2.30. The Morgan fingerprint density at radius 3 is 2.94 bits per heavy atom. The van der Waals surface area contributed by atoms with E-state index in [1.165, 1.54) is 4.90 Å². The molecule has 2 rings (SSSR count). The summed E-state index contributed by atoms with van der Waals surface area (Å²) in [5.41, 5.74) is 1.01. The SMILES string of the molecule is CC1NCC(=O)N(CCc2ccnn2C)C1=O. The molecule has 0 aliphatic carbocycles. The minimum Gasteiger partial charge on any atom is -0.298 e. The van der Waals surface area contributed by atoms with Crippen molar-refractivity contribution in [2.24, 2.45) is 7.05 Å². The minimum absolute atomic E-state index is 0.150. The van der Waals surface area contributed by atoms with Crippen LogP contribution in [0.25, 0.3) is 0 Å². The second-order valence-corrected chi connectivity index (χ2v) is 4.18. The van der Waals surface area contributed by atoms with Gasteiger partial charge < -0.3 is 0 Å². The molecule has 1 aromatic heterocycles. The molecule has 0 radical (unpaired) electrons. The van der Waals surface area contributed by atoms with Crippen LogP contribution in [-0.4, -0.2) is 45.6 Å². The van der Waals surface area contributed by atoms with Gasteiger partial charge in [-0.2, -0.15) is 5.10 Å². The summed E-state index contributed by atoms with van der Waals surface area (Å²) in [5.74, 6) is -0.307. The average molecular weight is 236 g/mol. The first-order chi connectivity index (χ1) is 8.09. The Labute approximate surface area is 99.6 Å². The zero-order valence-corrected chi connectivity index (χ0v) is 10.0. The Balaban J connectivity index is 2.00. The van der Waals surface area contributed by atoms with Gasteiger partial charge >= 0.3 is 0 Å². The fourth-order valence-corrected chi connectivity index (χ4v) is 1.89. The molecule has 1 aromatic rings. The van der Waals surface area contributed by atoms with Gasteiger partial charge in [-0.1, -0.05) is 0 Å². The van der Waals surface area contributed by atoms with Crippen LogP contribution in [0.3, 0.4) is 0 Å². The zero-order valence-electron chi connectivity index (χ0n) is 10.0. The number of rotatable bonds is 3. The van der Waals surface area contributed by atoms with E-state index in [1.54, 1.807) is 17.8 Å². The van der Waals surface area contributed by atoms with Gasteiger partial charge in [-0.25, -0.2) is 0 Å². The van der Waals surface area contributed by atoms with E-state index < -0.39 is 0 Å². The molecule has 1 atom stereocenters. The molecule has 2 amide bonds. The molecule has 0 spiro atoms. The number of hydrogen-bond donors (Lipinski definition) is 1. The number of amides is 2. The third-order valence-electron chi connectivity index (χ3n) is 3.01. The summed E-state index contributed by atoms with van der Waals surface area (Å²) in [6.07, 6.45) is 2.35. The number of carbonyl (C=O) groups excluding carboxylic acids is 2. The predicted octanol–water partition coefficient (Wildman–Crippen LogP) is -0.690. The molecule has 6 heteroatoms. The van der Waals surface area contributed by atoms with Crippen molar-refractivity contribution in [3.63, 3.8) is 0 Å². The van der Waals surface area contributed by atoms with Gasteiger partial charge in [0.05, 0.1) is 12.6 Å². The number of nitrogens with zero attached hydrogens (tertiary/aromatic N) is 3. The Kier molecular flexibility index (Phi) is 3.23. The van der Waals surface area contributed by atoms with Crippen LogP contribution in [0.4, 0.5) is 0 Å². The van der Waals surface area contributed by atoms with Gasteiger partial charge in [0.2, 0.25) is 11.8 Å². The van der Waals surface area contributed by atoms with Gasteiger partial charge in [-0.15, -0.1) is 0 Å². The first-order valence-electron chi connectivity index (χ1n) is 5.64. The Hall–Kier alpha value is -1.69. The molecular formula is C11H16N4O2. The largest absolute Gasteiger partial charge is 0.298 e. The number of hydrogen-bond acceptors (Lipinski definition) is 4. The van der Waals surface area contributed by atoms with Crippen LogP contribution in [0.1, 0.15) is 12.6 Å². The summed E-state index contributed by atoms with van der Waals surface area (Å²) in [5, 5.41) is 6.91. The number of carbonyl (C=O) groups is 2. The fourth-order valence-electron chi connectivity index (χ4n) is 1.89. The number of imide groups is 1. The molecular weight excluding hydrogens is 220 g/mol. The molecule has 1 aliphatic heterocycles. The highest BCUT2D eigenvalue weighted by Crippen LogP contribution is 2.05. The molecule has 17 heavy (non-hydrogen) atoms. The van der Waals surface area contributed by atoms with E-state index in [4.69, 9.17) is 0 Å². The third kappa shape index (κ3) is 2.36. The first kappa shape index (κ1) is 11.8. The highest BCUT2D eigenvalue weighted by molar-refractivity contribution is 6.00. The van der Waals surface area contributed by atoms with Crippen molar-refractivity contribution in [3.8, 4) is 0 Å². The molecule has 1 aliphatic rings. The highest BCUT2D eigenvalue weighted by atomic mass is 16.2. The Morgan fingerprint density at radius 2 is 2.29 bits per heavy atom. The van der Waals surface area contributed by atoms with Crippen LogP contribution < -0.4 is 5.32 Å². The Morgan fingerprint density at radius 1 is 1.53 bits per heavy atom. The van der Waals surface area contributed by atoms with Gasteiger partial charge in [0, 0.05) is 31.9 Å². The molecule has 2 heterocycles. The summed E-state index contributed by atoms with van der Waals surface area (Å²) < 4.78 is 1.75. The zero-order chi connectivity index (χ0) is 12.4. The number of aryl methyl sites for hydroxylation is 1. The quantitative estimate of drug-likeness (QED) is 0.705. The molecule has 0 bridgehead atoms. The number of piperazine rings is 1. The summed E-state index contributed by atoms with van der Waals surface area (Å²) in [6, 6.07) is 1.61. The van der Waals surface area contributed by atoms with Gasteiger partial charge in [0.25, 0.3) is 0 Å². The fraction of sp³-hybridized carbons (Fsp3) is 0.545. The lowest BCUT2D eigenvalue weighted by Crippen LogP contribution is -2.57. The van der Waals surface area contributed by atoms with E-state index in [0.29, 0.717) is 13.0 Å². The van der Waals surface area contributed by atoms with Gasteiger partial charge in [-0.05, 0) is 13.0 Å². The molecule has 92 valence electrons. The van der Waals surface area contributed by atoms with E-state index in [9.17, 15) is 9.59 Å². The van der Waals surface area contributed by atoms with Crippen LogP contribution in [0, 0.1) is 0 Å². The van der Waals surface area contributed by atoms with Crippen LogP contribution in [0.2, 0.25) is 0 Å². The van der Waals surface area contributed by atoms with E-state index in [2.05, 4.69) is 10.4 Å². The van der Waals surface area contributed by atoms with Crippen molar-refractivity contribution in [1.29, 1.82) is 0 Å². The van der Waals surface area contributed by atoms with Gasteiger partial charge in [0.1, 0.15) is 0 Å². The monoisotopic (exact) mass is 236 g/mol. The maximum Gasteiger partial charge on any atom is 0.246 e. The maximum absolute atomic E-state index is 11.8. The van der Waals surface area contributed by atoms with E-state index >= 15 is 0 Å². The Bertz CT molecular complexity index is 440. The maximum atomic E-state index is 11.8. The van der Waals surface area contributed by atoms with Crippen molar-refractivity contribution in [3.05, 3.63) is 18.0 Å². The molecule has 0 saturated carbocycles. The van der Waals surface area contributed by atoms with Crippen molar-refractivity contribution < 1.29 is 9.59 Å². The topological polar surface area (TPSA) is 67.2 Å². The molecule has 1 unspecified atom stereocenters. The molecule has 0 aromatic carbocycles. The average Bonchev–Trinajstić information content (AvgIpc) is 2.70. The van der Waals surface area contributed by atoms with Crippen molar-refractivity contribution in [2.45, 2.75) is 19.4 Å². The molecule has 6 nitrogen and oxygen atoms in total. The second kappa shape index (κ2) is 4.67. The van der Waals surface area contributed by atoms with Crippen molar-refractivity contribution in [2.75, 3.05) is 13.1 Å². The minimum atomic E-state index is -0.278. The molecule has 1 fully saturated rings. The number of nitrogens with one attached hydrogen (secondary N) is 1. The lowest BCUT2D eigenvalue weighted by Gasteiger charge is -2.29. The first-order valence-corrected chi connectivity index (χ1v) is 5.64.